The van der Waals surface area contributed by atoms with Crippen molar-refractivity contribution >= 4 is 5.91 Å². The van der Waals surface area contributed by atoms with Crippen molar-refractivity contribution in [1.82, 2.24) is 5.32 Å². The molecule has 0 aromatic heterocycles. The first-order valence-corrected chi connectivity index (χ1v) is 8.13. The zero-order valence-corrected chi connectivity index (χ0v) is 15.2. The topological polar surface area (TPSA) is 56.8 Å². The largest absolute Gasteiger partial charge is 0.493 e. The molecule has 0 saturated carbocycles. The Morgan fingerprint density at radius 3 is 2.40 bits per heavy atom. The molecular formula is C20H25NO4. The number of hydrogen-bond acceptors (Lipinski definition) is 4. The minimum absolute atomic E-state index is 0.0254. The molecule has 2 aromatic rings. The Morgan fingerprint density at radius 2 is 1.76 bits per heavy atom. The Morgan fingerprint density at radius 1 is 1.04 bits per heavy atom. The molecule has 5 nitrogen and oxygen atoms in total. The van der Waals surface area contributed by atoms with Gasteiger partial charge in [0, 0.05) is 7.11 Å². The van der Waals surface area contributed by atoms with Crippen molar-refractivity contribution in [1.29, 1.82) is 0 Å². The monoisotopic (exact) mass is 343 g/mol. The standard InChI is InChI=1S/C20H25NO4/c1-14-7-5-6-8-15(14)11-17(21-20(22)13-23-2)16-9-10-18(24-3)19(12-16)25-4/h5-10,12,17H,11,13H2,1-4H3,(H,21,22)/t17-/m1/s1. The molecule has 0 saturated heterocycles. The zero-order chi connectivity index (χ0) is 18.2. The number of carbonyl (C=O) groups excluding carboxylic acids is 1. The molecule has 1 atom stereocenters. The molecule has 0 heterocycles. The lowest BCUT2D eigenvalue weighted by atomic mass is 9.95. The number of carbonyl (C=O) groups is 1. The third kappa shape index (κ3) is 4.97. The van der Waals surface area contributed by atoms with Crippen LogP contribution in [0.4, 0.5) is 0 Å². The molecular weight excluding hydrogens is 318 g/mol. The fourth-order valence-corrected chi connectivity index (χ4v) is 2.75. The van der Waals surface area contributed by atoms with Gasteiger partial charge >= 0.3 is 0 Å². The number of nitrogens with one attached hydrogen (secondary N) is 1. The minimum atomic E-state index is -0.191. The molecule has 134 valence electrons. The smallest absolute Gasteiger partial charge is 0.246 e. The molecule has 0 aliphatic rings. The van der Waals surface area contributed by atoms with Crippen LogP contribution in [0.25, 0.3) is 0 Å². The number of ether oxygens (including phenoxy) is 3. The molecule has 0 fully saturated rings. The van der Waals surface area contributed by atoms with Crippen LogP contribution >= 0.6 is 0 Å². The van der Waals surface area contributed by atoms with Crippen molar-refractivity contribution < 1.29 is 19.0 Å². The summed E-state index contributed by atoms with van der Waals surface area (Å²) in [6.45, 7) is 2.09. The van der Waals surface area contributed by atoms with Gasteiger partial charge in [-0.25, -0.2) is 0 Å². The molecule has 2 rings (SSSR count). The summed E-state index contributed by atoms with van der Waals surface area (Å²) in [4.78, 5) is 12.1. The molecule has 0 aliphatic carbocycles. The normalized spacial score (nSPS) is 11.7. The van der Waals surface area contributed by atoms with E-state index in [1.807, 2.05) is 30.3 Å². The molecule has 0 bridgehead atoms. The van der Waals surface area contributed by atoms with Crippen molar-refractivity contribution in [3.8, 4) is 11.5 Å². The van der Waals surface area contributed by atoms with Crippen molar-refractivity contribution in [2.24, 2.45) is 0 Å². The predicted molar refractivity (Wildman–Crippen MR) is 97.2 cm³/mol. The molecule has 25 heavy (non-hydrogen) atoms. The SMILES string of the molecule is COCC(=O)N[C@H](Cc1ccccc1C)c1ccc(OC)c(OC)c1. The Labute approximate surface area is 148 Å². The molecule has 1 N–H and O–H groups in total. The lowest BCUT2D eigenvalue weighted by Crippen LogP contribution is -2.32. The van der Waals surface area contributed by atoms with Crippen LogP contribution in [-0.4, -0.2) is 33.8 Å². The average Bonchev–Trinajstić information content (AvgIpc) is 2.62. The van der Waals surface area contributed by atoms with Crippen LogP contribution in [0.2, 0.25) is 0 Å². The van der Waals surface area contributed by atoms with Gasteiger partial charge in [0.1, 0.15) is 6.61 Å². The lowest BCUT2D eigenvalue weighted by Gasteiger charge is -2.21. The van der Waals surface area contributed by atoms with Gasteiger partial charge in [-0.15, -0.1) is 0 Å². The van der Waals surface area contributed by atoms with Crippen molar-refractivity contribution in [2.75, 3.05) is 27.9 Å². The highest BCUT2D eigenvalue weighted by Gasteiger charge is 2.18. The van der Waals surface area contributed by atoms with E-state index in [0.29, 0.717) is 17.9 Å². The maximum Gasteiger partial charge on any atom is 0.246 e. The Hall–Kier alpha value is -2.53. The summed E-state index contributed by atoms with van der Waals surface area (Å²) in [5, 5.41) is 3.04. The van der Waals surface area contributed by atoms with E-state index in [2.05, 4.69) is 24.4 Å². The summed E-state index contributed by atoms with van der Waals surface area (Å²) in [6.07, 6.45) is 0.678. The van der Waals surface area contributed by atoms with E-state index >= 15 is 0 Å². The number of rotatable bonds is 8. The number of hydrogen-bond donors (Lipinski definition) is 1. The highest BCUT2D eigenvalue weighted by Crippen LogP contribution is 2.31. The second-order valence-electron chi connectivity index (χ2n) is 5.80. The fourth-order valence-electron chi connectivity index (χ4n) is 2.75. The second-order valence-corrected chi connectivity index (χ2v) is 5.80. The van der Waals surface area contributed by atoms with Gasteiger partial charge in [-0.05, 0) is 42.2 Å². The Balaban J connectivity index is 2.33. The van der Waals surface area contributed by atoms with E-state index in [4.69, 9.17) is 14.2 Å². The van der Waals surface area contributed by atoms with E-state index < -0.39 is 0 Å². The van der Waals surface area contributed by atoms with Gasteiger partial charge < -0.3 is 19.5 Å². The van der Waals surface area contributed by atoms with Crippen LogP contribution in [-0.2, 0) is 16.0 Å². The first-order valence-electron chi connectivity index (χ1n) is 8.13. The number of benzene rings is 2. The third-order valence-electron chi connectivity index (χ3n) is 4.11. The number of aryl methyl sites for hydroxylation is 1. The van der Waals surface area contributed by atoms with Crippen LogP contribution in [0.3, 0.4) is 0 Å². The van der Waals surface area contributed by atoms with Crippen molar-refractivity contribution in [2.45, 2.75) is 19.4 Å². The Kier molecular flexibility index (Phi) is 6.83. The van der Waals surface area contributed by atoms with E-state index in [0.717, 1.165) is 5.56 Å². The Bertz CT molecular complexity index is 715. The average molecular weight is 343 g/mol. The zero-order valence-electron chi connectivity index (χ0n) is 15.2. The van der Waals surface area contributed by atoms with Crippen LogP contribution in [0.15, 0.2) is 42.5 Å². The maximum absolute atomic E-state index is 12.1. The van der Waals surface area contributed by atoms with Gasteiger partial charge in [-0.1, -0.05) is 30.3 Å². The minimum Gasteiger partial charge on any atom is -0.493 e. The second kappa shape index (κ2) is 9.08. The maximum atomic E-state index is 12.1. The van der Waals surface area contributed by atoms with Gasteiger partial charge in [-0.2, -0.15) is 0 Å². The summed E-state index contributed by atoms with van der Waals surface area (Å²) in [7, 11) is 4.70. The number of methoxy groups -OCH3 is 3. The van der Waals surface area contributed by atoms with Gasteiger partial charge in [-0.3, -0.25) is 4.79 Å². The van der Waals surface area contributed by atoms with Crippen LogP contribution in [0.5, 0.6) is 11.5 Å². The molecule has 1 amide bonds. The highest BCUT2D eigenvalue weighted by atomic mass is 16.5. The highest BCUT2D eigenvalue weighted by molar-refractivity contribution is 5.77. The molecule has 2 aromatic carbocycles. The summed E-state index contributed by atoms with van der Waals surface area (Å²) in [5.74, 6) is 1.13. The molecule has 0 unspecified atom stereocenters. The van der Waals surface area contributed by atoms with E-state index in [1.54, 1.807) is 14.2 Å². The van der Waals surface area contributed by atoms with Gasteiger partial charge in [0.05, 0.1) is 20.3 Å². The summed E-state index contributed by atoms with van der Waals surface area (Å²) < 4.78 is 15.6. The summed E-state index contributed by atoms with van der Waals surface area (Å²) >= 11 is 0. The summed E-state index contributed by atoms with van der Waals surface area (Å²) in [5.41, 5.74) is 3.32. The van der Waals surface area contributed by atoms with E-state index in [-0.39, 0.29) is 18.6 Å². The number of amides is 1. The molecule has 0 radical (unpaired) electrons. The van der Waals surface area contributed by atoms with Crippen molar-refractivity contribution in [3.05, 3.63) is 59.2 Å². The lowest BCUT2D eigenvalue weighted by molar-refractivity contribution is -0.125. The predicted octanol–water partition coefficient (Wildman–Crippen LogP) is 3.06. The third-order valence-corrected chi connectivity index (χ3v) is 4.11. The fraction of sp³-hybridized carbons (Fsp3) is 0.350. The molecule has 0 spiro atoms. The molecule has 0 aliphatic heterocycles. The van der Waals surface area contributed by atoms with Gasteiger partial charge in [0.15, 0.2) is 11.5 Å². The first-order chi connectivity index (χ1) is 12.1. The quantitative estimate of drug-likeness (QED) is 0.800. The van der Waals surface area contributed by atoms with Crippen LogP contribution in [0, 0.1) is 6.92 Å². The van der Waals surface area contributed by atoms with E-state index in [1.165, 1.54) is 18.2 Å². The van der Waals surface area contributed by atoms with Crippen LogP contribution in [0.1, 0.15) is 22.7 Å². The van der Waals surface area contributed by atoms with Gasteiger partial charge in [0.25, 0.3) is 0 Å². The van der Waals surface area contributed by atoms with Gasteiger partial charge in [0.2, 0.25) is 5.91 Å². The first kappa shape index (κ1) is 18.8. The molecule has 5 heteroatoms. The van der Waals surface area contributed by atoms with Crippen LogP contribution < -0.4 is 14.8 Å². The van der Waals surface area contributed by atoms with Crippen molar-refractivity contribution in [3.63, 3.8) is 0 Å². The summed E-state index contributed by atoms with van der Waals surface area (Å²) in [6, 6.07) is 13.7. The van der Waals surface area contributed by atoms with E-state index in [9.17, 15) is 4.79 Å².